The minimum absolute atomic E-state index is 0.114. The molecule has 3 N–H and O–H groups in total. The third-order valence-corrected chi connectivity index (χ3v) is 4.82. The first-order valence-electron chi connectivity index (χ1n) is 5.24. The number of hydrogen-bond acceptors (Lipinski definition) is 7. The Kier molecular flexibility index (Phi) is 3.92. The molecule has 0 spiro atoms. The molecule has 1 aliphatic carbocycles. The molecule has 1 fully saturated rings. The van der Waals surface area contributed by atoms with Crippen molar-refractivity contribution in [2.45, 2.75) is 17.2 Å². The van der Waals surface area contributed by atoms with Crippen molar-refractivity contribution in [1.82, 2.24) is 14.9 Å². The maximum absolute atomic E-state index is 11.6. The molecule has 1 heterocycles. The van der Waals surface area contributed by atoms with Crippen LogP contribution in [0.4, 0.5) is 5.13 Å². The van der Waals surface area contributed by atoms with Crippen LogP contribution in [0.25, 0.3) is 0 Å². The van der Waals surface area contributed by atoms with Crippen molar-refractivity contribution in [1.29, 1.82) is 0 Å². The van der Waals surface area contributed by atoms with Gasteiger partial charge in [-0.2, -0.15) is 0 Å². The fraction of sp³-hybridized carbons (Fsp3) is 0.750. The lowest BCUT2D eigenvalue weighted by molar-refractivity contribution is 0.129. The minimum atomic E-state index is -3.59. The molecule has 1 aromatic heterocycles. The first-order chi connectivity index (χ1) is 8.08. The van der Waals surface area contributed by atoms with Gasteiger partial charge in [-0.3, -0.25) is 0 Å². The molecule has 0 saturated heterocycles. The molecular weight excluding hydrogens is 264 g/mol. The second-order valence-electron chi connectivity index (χ2n) is 3.82. The van der Waals surface area contributed by atoms with Crippen molar-refractivity contribution >= 4 is 26.5 Å². The van der Waals surface area contributed by atoms with Crippen molar-refractivity contribution in [3.05, 3.63) is 0 Å². The molecule has 9 heteroatoms. The van der Waals surface area contributed by atoms with E-state index in [1.165, 1.54) is 12.8 Å². The summed E-state index contributed by atoms with van der Waals surface area (Å²) < 4.78 is 30.9. The average molecular weight is 278 g/mol. The highest BCUT2D eigenvalue weighted by molar-refractivity contribution is 7.91. The lowest BCUT2D eigenvalue weighted by Gasteiger charge is -2.04. The van der Waals surface area contributed by atoms with Crippen molar-refractivity contribution in [3.63, 3.8) is 0 Å². The Balaban J connectivity index is 1.73. The van der Waals surface area contributed by atoms with E-state index in [4.69, 9.17) is 10.5 Å². The molecule has 96 valence electrons. The highest BCUT2D eigenvalue weighted by atomic mass is 32.2. The Labute approximate surface area is 103 Å². The van der Waals surface area contributed by atoms with Gasteiger partial charge >= 0.3 is 0 Å². The van der Waals surface area contributed by atoms with E-state index in [0.717, 1.165) is 11.3 Å². The summed E-state index contributed by atoms with van der Waals surface area (Å²) in [6, 6.07) is 0. The Bertz CT molecular complexity index is 469. The quantitative estimate of drug-likeness (QED) is 0.670. The molecule has 0 bridgehead atoms. The molecule has 1 aromatic rings. The summed E-state index contributed by atoms with van der Waals surface area (Å²) in [6.45, 7) is 1.31. The Morgan fingerprint density at radius 2 is 2.24 bits per heavy atom. The number of hydrogen-bond donors (Lipinski definition) is 2. The van der Waals surface area contributed by atoms with Gasteiger partial charge in [-0.15, -0.1) is 10.2 Å². The Hall–Kier alpha value is -0.770. The van der Waals surface area contributed by atoms with Crippen molar-refractivity contribution in [2.24, 2.45) is 5.92 Å². The standard InChI is InChI=1S/C8H14N4O3S2/c9-7-11-12-8(16-7)17(13,14)10-3-4-15-5-6-1-2-6/h6,10H,1-5H2,(H2,9,11). The van der Waals surface area contributed by atoms with E-state index < -0.39 is 10.0 Å². The van der Waals surface area contributed by atoms with Gasteiger partial charge in [0, 0.05) is 13.2 Å². The van der Waals surface area contributed by atoms with E-state index in [-0.39, 0.29) is 16.0 Å². The fourth-order valence-corrected chi connectivity index (χ4v) is 3.01. The Morgan fingerprint density at radius 1 is 1.47 bits per heavy atom. The monoisotopic (exact) mass is 278 g/mol. The van der Waals surface area contributed by atoms with Crippen molar-refractivity contribution < 1.29 is 13.2 Å². The smallest absolute Gasteiger partial charge is 0.269 e. The zero-order chi connectivity index (χ0) is 12.3. The summed E-state index contributed by atoms with van der Waals surface area (Å²) in [4.78, 5) is 0. The first-order valence-corrected chi connectivity index (χ1v) is 7.54. The highest BCUT2D eigenvalue weighted by Gasteiger charge is 2.21. The van der Waals surface area contributed by atoms with E-state index in [1.54, 1.807) is 0 Å². The molecular formula is C8H14N4O3S2. The minimum Gasteiger partial charge on any atom is -0.380 e. The first kappa shape index (κ1) is 12.7. The summed E-state index contributed by atoms with van der Waals surface area (Å²) >= 11 is 0.838. The van der Waals surface area contributed by atoms with Crippen LogP contribution in [0.1, 0.15) is 12.8 Å². The van der Waals surface area contributed by atoms with Gasteiger partial charge in [0.2, 0.25) is 9.47 Å². The van der Waals surface area contributed by atoms with E-state index in [1.807, 2.05) is 0 Å². The molecule has 7 nitrogen and oxygen atoms in total. The predicted octanol–water partition coefficient (Wildman–Crippen LogP) is -0.175. The highest BCUT2D eigenvalue weighted by Crippen LogP contribution is 2.28. The summed E-state index contributed by atoms with van der Waals surface area (Å²) in [5, 5.41) is 7.07. The topological polar surface area (TPSA) is 107 Å². The number of sulfonamides is 1. The Morgan fingerprint density at radius 3 is 2.82 bits per heavy atom. The van der Waals surface area contributed by atoms with Gasteiger partial charge in [0.1, 0.15) is 0 Å². The zero-order valence-electron chi connectivity index (χ0n) is 9.13. The average Bonchev–Trinajstić information content (AvgIpc) is 2.98. The number of rotatable bonds is 7. The molecule has 2 rings (SSSR count). The second kappa shape index (κ2) is 5.25. The number of nitrogen functional groups attached to an aromatic ring is 1. The normalized spacial score (nSPS) is 16.2. The van der Waals surface area contributed by atoms with Crippen LogP contribution in [0, 0.1) is 5.92 Å². The summed E-state index contributed by atoms with van der Waals surface area (Å²) in [5.74, 6) is 0.676. The summed E-state index contributed by atoms with van der Waals surface area (Å²) in [5.41, 5.74) is 5.32. The SMILES string of the molecule is Nc1nnc(S(=O)(=O)NCCOCC2CC2)s1. The van der Waals surface area contributed by atoms with Gasteiger partial charge in [-0.25, -0.2) is 13.1 Å². The zero-order valence-corrected chi connectivity index (χ0v) is 10.8. The van der Waals surface area contributed by atoms with Gasteiger partial charge in [-0.05, 0) is 18.8 Å². The van der Waals surface area contributed by atoms with Gasteiger partial charge in [0.25, 0.3) is 10.0 Å². The van der Waals surface area contributed by atoms with E-state index in [0.29, 0.717) is 19.1 Å². The van der Waals surface area contributed by atoms with Crippen LogP contribution in [0.15, 0.2) is 4.34 Å². The molecule has 0 aromatic carbocycles. The lowest BCUT2D eigenvalue weighted by atomic mass is 10.5. The number of nitrogens with two attached hydrogens (primary N) is 1. The molecule has 0 aliphatic heterocycles. The van der Waals surface area contributed by atoms with Crippen LogP contribution in [0.5, 0.6) is 0 Å². The van der Waals surface area contributed by atoms with E-state index in [2.05, 4.69) is 14.9 Å². The molecule has 17 heavy (non-hydrogen) atoms. The van der Waals surface area contributed by atoms with Gasteiger partial charge < -0.3 is 10.5 Å². The third-order valence-electron chi connectivity index (χ3n) is 2.24. The number of aromatic nitrogens is 2. The summed E-state index contributed by atoms with van der Waals surface area (Å²) in [7, 11) is -3.59. The molecule has 0 unspecified atom stereocenters. The number of ether oxygens (including phenoxy) is 1. The fourth-order valence-electron chi connectivity index (χ4n) is 1.17. The maximum Gasteiger partial charge on any atom is 0.269 e. The maximum atomic E-state index is 11.6. The van der Waals surface area contributed by atoms with Crippen molar-refractivity contribution in [2.75, 3.05) is 25.5 Å². The lowest BCUT2D eigenvalue weighted by Crippen LogP contribution is -2.27. The van der Waals surface area contributed by atoms with E-state index in [9.17, 15) is 8.42 Å². The van der Waals surface area contributed by atoms with Crippen LogP contribution in [0.2, 0.25) is 0 Å². The molecule has 0 amide bonds. The number of anilines is 1. The van der Waals surface area contributed by atoms with Crippen LogP contribution >= 0.6 is 11.3 Å². The molecule has 0 radical (unpaired) electrons. The van der Waals surface area contributed by atoms with Crippen LogP contribution in [0.3, 0.4) is 0 Å². The number of nitrogens with zero attached hydrogens (tertiary/aromatic N) is 2. The van der Waals surface area contributed by atoms with Gasteiger partial charge in [-0.1, -0.05) is 11.3 Å². The predicted molar refractivity (Wildman–Crippen MR) is 63.1 cm³/mol. The van der Waals surface area contributed by atoms with E-state index >= 15 is 0 Å². The van der Waals surface area contributed by atoms with Gasteiger partial charge in [0.15, 0.2) is 0 Å². The van der Waals surface area contributed by atoms with Crippen LogP contribution < -0.4 is 10.5 Å². The van der Waals surface area contributed by atoms with Crippen LogP contribution in [-0.4, -0.2) is 38.4 Å². The third kappa shape index (κ3) is 3.87. The largest absolute Gasteiger partial charge is 0.380 e. The molecule has 0 atom stereocenters. The summed E-state index contributed by atoms with van der Waals surface area (Å²) in [6.07, 6.45) is 2.44. The number of nitrogens with one attached hydrogen (secondary N) is 1. The second-order valence-corrected chi connectivity index (χ2v) is 6.77. The van der Waals surface area contributed by atoms with Gasteiger partial charge in [0.05, 0.1) is 6.61 Å². The molecule has 1 saturated carbocycles. The van der Waals surface area contributed by atoms with Crippen molar-refractivity contribution in [3.8, 4) is 0 Å². The molecule has 1 aliphatic rings. The van der Waals surface area contributed by atoms with Crippen LogP contribution in [-0.2, 0) is 14.8 Å².